The van der Waals surface area contributed by atoms with Gasteiger partial charge in [-0.3, -0.25) is 14.2 Å². The molecule has 1 amide bonds. The monoisotopic (exact) mass is 366 g/mol. The van der Waals surface area contributed by atoms with E-state index in [0.29, 0.717) is 16.5 Å². The Kier molecular flexibility index (Phi) is 4.38. The lowest BCUT2D eigenvalue weighted by Crippen LogP contribution is -2.22. The summed E-state index contributed by atoms with van der Waals surface area (Å²) in [7, 11) is 0. The van der Waals surface area contributed by atoms with Crippen molar-refractivity contribution in [3.05, 3.63) is 62.3 Å². The van der Waals surface area contributed by atoms with E-state index in [1.165, 1.54) is 0 Å². The highest BCUT2D eigenvalue weighted by molar-refractivity contribution is 7.12. The van der Waals surface area contributed by atoms with Crippen molar-refractivity contribution >= 4 is 33.9 Å². The van der Waals surface area contributed by atoms with Gasteiger partial charge < -0.3 is 0 Å². The molecular formula is C19H18N4O2S. The predicted octanol–water partition coefficient (Wildman–Crippen LogP) is 2.95. The number of carbonyl (C=O) groups excluding carboxylic acids is 1. The number of rotatable bonds is 4. The van der Waals surface area contributed by atoms with Crippen molar-refractivity contribution < 1.29 is 4.79 Å². The van der Waals surface area contributed by atoms with Crippen LogP contribution in [0.1, 0.15) is 40.8 Å². The molecule has 1 N–H and O–H groups in total. The maximum Gasteiger partial charge on any atom is 0.271 e. The number of hydrogen-bond donors (Lipinski definition) is 1. The van der Waals surface area contributed by atoms with E-state index in [1.54, 1.807) is 34.1 Å². The third kappa shape index (κ3) is 2.94. The molecule has 7 heteroatoms. The van der Waals surface area contributed by atoms with Crippen LogP contribution in [0.3, 0.4) is 0 Å². The van der Waals surface area contributed by atoms with Gasteiger partial charge in [-0.05, 0) is 42.5 Å². The second-order valence-electron chi connectivity index (χ2n) is 6.15. The largest absolute Gasteiger partial charge is 0.296 e. The smallest absolute Gasteiger partial charge is 0.271 e. The van der Waals surface area contributed by atoms with Crippen LogP contribution in [0, 0.1) is 0 Å². The normalized spacial score (nSPS) is 13.8. The average Bonchev–Trinajstić information content (AvgIpc) is 3.34. The Hall–Kier alpha value is -2.80. The minimum absolute atomic E-state index is 0.0292. The molecule has 6 nitrogen and oxygen atoms in total. The van der Waals surface area contributed by atoms with Gasteiger partial charge in [-0.1, -0.05) is 13.0 Å². The number of aryl methyl sites for hydroxylation is 1. The maximum atomic E-state index is 12.5. The summed E-state index contributed by atoms with van der Waals surface area (Å²) in [6.07, 6.45) is 2.46. The lowest BCUT2D eigenvalue weighted by molar-refractivity contribution is 0.0955. The highest BCUT2D eigenvalue weighted by Gasteiger charge is 2.17. The van der Waals surface area contributed by atoms with Crippen LogP contribution >= 0.6 is 11.3 Å². The van der Waals surface area contributed by atoms with E-state index in [9.17, 15) is 9.59 Å². The first-order valence-corrected chi connectivity index (χ1v) is 9.49. The van der Waals surface area contributed by atoms with Gasteiger partial charge in [0.05, 0.1) is 21.5 Å². The second-order valence-corrected chi connectivity index (χ2v) is 7.10. The zero-order chi connectivity index (χ0) is 18.1. The van der Waals surface area contributed by atoms with Gasteiger partial charge in [-0.15, -0.1) is 11.3 Å². The Morgan fingerprint density at radius 1 is 1.38 bits per heavy atom. The second kappa shape index (κ2) is 6.84. The van der Waals surface area contributed by atoms with Gasteiger partial charge in [0.25, 0.3) is 11.5 Å². The van der Waals surface area contributed by atoms with Gasteiger partial charge in [0, 0.05) is 18.5 Å². The van der Waals surface area contributed by atoms with Gasteiger partial charge in [0.2, 0.25) is 0 Å². The van der Waals surface area contributed by atoms with Crippen molar-refractivity contribution in [2.75, 3.05) is 0 Å². The SMILES string of the molecule is CC/C(=N/NC(=O)c1ccc2c(=O)n3c(nc2c1)CCC3)c1cccs1. The Labute approximate surface area is 154 Å². The fraction of sp³-hybridized carbons (Fsp3) is 0.263. The summed E-state index contributed by atoms with van der Waals surface area (Å²) in [5.41, 5.74) is 4.43. The van der Waals surface area contributed by atoms with Crippen molar-refractivity contribution in [3.63, 3.8) is 0 Å². The number of fused-ring (bicyclic) bond motifs is 2. The lowest BCUT2D eigenvalue weighted by atomic mass is 10.1. The summed E-state index contributed by atoms with van der Waals surface area (Å²) in [4.78, 5) is 30.6. The molecule has 0 atom stereocenters. The number of thiophene rings is 1. The Balaban J connectivity index is 1.63. The molecule has 2 aromatic heterocycles. The minimum Gasteiger partial charge on any atom is -0.296 e. The van der Waals surface area contributed by atoms with Gasteiger partial charge in [-0.25, -0.2) is 10.4 Å². The van der Waals surface area contributed by atoms with E-state index >= 15 is 0 Å². The van der Waals surface area contributed by atoms with Gasteiger partial charge in [0.15, 0.2) is 0 Å². The summed E-state index contributed by atoms with van der Waals surface area (Å²) in [5, 5.41) is 6.78. The molecule has 26 heavy (non-hydrogen) atoms. The zero-order valence-corrected chi connectivity index (χ0v) is 15.2. The molecule has 3 aromatic rings. The van der Waals surface area contributed by atoms with Crippen LogP contribution < -0.4 is 11.0 Å². The lowest BCUT2D eigenvalue weighted by Gasteiger charge is -2.07. The first kappa shape index (κ1) is 16.7. The molecule has 0 saturated carbocycles. The van der Waals surface area contributed by atoms with Gasteiger partial charge in [-0.2, -0.15) is 5.10 Å². The van der Waals surface area contributed by atoms with E-state index in [0.717, 1.165) is 42.2 Å². The number of nitrogens with zero attached hydrogens (tertiary/aromatic N) is 3. The fourth-order valence-corrected chi connectivity index (χ4v) is 3.95. The molecule has 0 bridgehead atoms. The van der Waals surface area contributed by atoms with Crippen molar-refractivity contribution in [2.45, 2.75) is 32.7 Å². The number of amides is 1. The number of hydrogen-bond acceptors (Lipinski definition) is 5. The molecule has 0 radical (unpaired) electrons. The fourth-order valence-electron chi connectivity index (χ4n) is 3.16. The van der Waals surface area contributed by atoms with E-state index in [2.05, 4.69) is 15.5 Å². The first-order valence-electron chi connectivity index (χ1n) is 8.61. The van der Waals surface area contributed by atoms with Crippen molar-refractivity contribution in [1.82, 2.24) is 15.0 Å². The van der Waals surface area contributed by atoms with Crippen LogP contribution in [0.5, 0.6) is 0 Å². The van der Waals surface area contributed by atoms with Crippen LogP contribution in [0.15, 0.2) is 45.6 Å². The number of benzene rings is 1. The quantitative estimate of drug-likeness (QED) is 0.570. The first-order chi connectivity index (χ1) is 12.7. The molecule has 1 aromatic carbocycles. The summed E-state index contributed by atoms with van der Waals surface area (Å²) >= 11 is 1.59. The van der Waals surface area contributed by atoms with Crippen molar-refractivity contribution in [3.8, 4) is 0 Å². The van der Waals surface area contributed by atoms with Crippen molar-refractivity contribution in [2.24, 2.45) is 5.10 Å². The molecule has 0 saturated heterocycles. The summed E-state index contributed by atoms with van der Waals surface area (Å²) in [6.45, 7) is 2.72. The van der Waals surface area contributed by atoms with E-state index < -0.39 is 0 Å². The van der Waals surface area contributed by atoms with E-state index in [-0.39, 0.29) is 11.5 Å². The number of carbonyl (C=O) groups is 1. The third-order valence-corrected chi connectivity index (χ3v) is 5.43. The maximum absolute atomic E-state index is 12.5. The van der Waals surface area contributed by atoms with Crippen LogP contribution in [-0.4, -0.2) is 21.2 Å². The number of hydrazone groups is 1. The molecule has 0 spiro atoms. The molecule has 0 unspecified atom stereocenters. The molecule has 0 fully saturated rings. The number of aromatic nitrogens is 2. The van der Waals surface area contributed by atoms with Crippen LogP contribution in [0.2, 0.25) is 0 Å². The van der Waals surface area contributed by atoms with Crippen LogP contribution in [0.25, 0.3) is 10.9 Å². The molecule has 1 aliphatic rings. The molecule has 1 aliphatic heterocycles. The molecule has 4 rings (SSSR count). The van der Waals surface area contributed by atoms with Crippen LogP contribution in [0.4, 0.5) is 0 Å². The van der Waals surface area contributed by atoms with Crippen molar-refractivity contribution in [1.29, 1.82) is 0 Å². The van der Waals surface area contributed by atoms with E-state index in [4.69, 9.17) is 0 Å². The highest BCUT2D eigenvalue weighted by atomic mass is 32.1. The number of nitrogens with one attached hydrogen (secondary N) is 1. The third-order valence-electron chi connectivity index (χ3n) is 4.51. The van der Waals surface area contributed by atoms with Gasteiger partial charge >= 0.3 is 0 Å². The Morgan fingerprint density at radius 2 is 2.27 bits per heavy atom. The van der Waals surface area contributed by atoms with Crippen LogP contribution in [-0.2, 0) is 13.0 Å². The molecule has 3 heterocycles. The summed E-state index contributed by atoms with van der Waals surface area (Å²) < 4.78 is 1.72. The van der Waals surface area contributed by atoms with Gasteiger partial charge in [0.1, 0.15) is 5.82 Å². The topological polar surface area (TPSA) is 76.3 Å². The minimum atomic E-state index is -0.309. The molecule has 132 valence electrons. The molecular weight excluding hydrogens is 348 g/mol. The predicted molar refractivity (Wildman–Crippen MR) is 103 cm³/mol. The zero-order valence-electron chi connectivity index (χ0n) is 14.4. The summed E-state index contributed by atoms with van der Waals surface area (Å²) in [5.74, 6) is 0.487. The summed E-state index contributed by atoms with van der Waals surface area (Å²) in [6, 6.07) is 8.92. The Bertz CT molecular complexity index is 1070. The molecule has 0 aliphatic carbocycles. The standard InChI is InChI=1S/C19H18N4O2S/c1-2-14(16-5-4-10-26-16)21-22-18(24)12-7-8-13-15(11-12)20-17-6-3-9-23(17)19(13)25/h4-5,7-8,10-11H,2-3,6,9H2,1H3,(H,22,24)/b21-14-. The highest BCUT2D eigenvalue weighted by Crippen LogP contribution is 2.16. The average molecular weight is 366 g/mol. The Morgan fingerprint density at radius 3 is 3.04 bits per heavy atom. The van der Waals surface area contributed by atoms with E-state index in [1.807, 2.05) is 24.4 Å².